The van der Waals surface area contributed by atoms with Crippen molar-refractivity contribution in [2.75, 3.05) is 6.54 Å². The zero-order chi connectivity index (χ0) is 19.3. The van der Waals surface area contributed by atoms with Gasteiger partial charge in [-0.2, -0.15) is 0 Å². The van der Waals surface area contributed by atoms with Gasteiger partial charge in [0.05, 0.1) is 0 Å². The van der Waals surface area contributed by atoms with Crippen LogP contribution in [0.5, 0.6) is 0 Å². The van der Waals surface area contributed by atoms with Crippen LogP contribution in [0, 0.1) is 11.3 Å². The van der Waals surface area contributed by atoms with Gasteiger partial charge in [0.25, 0.3) is 0 Å². The summed E-state index contributed by atoms with van der Waals surface area (Å²) in [5.41, 5.74) is 5.51. The van der Waals surface area contributed by atoms with E-state index < -0.39 is 11.9 Å². The summed E-state index contributed by atoms with van der Waals surface area (Å²) in [4.78, 5) is 21.0. The highest BCUT2D eigenvalue weighted by Gasteiger charge is 2.25. The van der Waals surface area contributed by atoms with E-state index in [4.69, 9.17) is 15.9 Å². The smallest absolute Gasteiger partial charge is 0.331 e. The summed E-state index contributed by atoms with van der Waals surface area (Å²) in [5, 5.41) is 17.3. The van der Waals surface area contributed by atoms with Gasteiger partial charge in [-0.15, -0.1) is 0 Å². The highest BCUT2D eigenvalue weighted by atomic mass is 16.4. The van der Waals surface area contributed by atoms with Gasteiger partial charge in [-0.25, -0.2) is 9.59 Å². The van der Waals surface area contributed by atoms with Crippen molar-refractivity contribution in [1.82, 2.24) is 0 Å². The minimum Gasteiger partial charge on any atom is -0.478 e. The summed E-state index contributed by atoms with van der Waals surface area (Å²) < 4.78 is 0. The van der Waals surface area contributed by atoms with Crippen molar-refractivity contribution in [1.29, 1.82) is 0 Å². The molecule has 0 saturated heterocycles. The Morgan fingerprint density at radius 1 is 1.12 bits per heavy atom. The number of nitrogens with two attached hydrogens (primary N) is 1. The van der Waals surface area contributed by atoms with E-state index in [2.05, 4.69) is 27.0 Å². The van der Waals surface area contributed by atoms with Gasteiger partial charge in [0.15, 0.2) is 0 Å². The Labute approximate surface area is 146 Å². The van der Waals surface area contributed by atoms with E-state index >= 15 is 0 Å². The molecule has 0 aromatic rings. The van der Waals surface area contributed by atoms with Crippen molar-refractivity contribution in [2.45, 2.75) is 66.2 Å². The lowest BCUT2D eigenvalue weighted by molar-refractivity contribution is -0.134. The van der Waals surface area contributed by atoms with E-state index in [9.17, 15) is 9.59 Å². The zero-order valence-corrected chi connectivity index (χ0v) is 15.7. The molecule has 0 spiro atoms. The number of rotatable bonds is 11. The summed E-state index contributed by atoms with van der Waals surface area (Å²) in [6.45, 7) is 15.4. The molecule has 0 saturated carbocycles. The van der Waals surface area contributed by atoms with E-state index in [0.29, 0.717) is 30.9 Å². The monoisotopic (exact) mass is 341 g/mol. The molecule has 1 atom stereocenters. The molecule has 0 aliphatic carbocycles. The summed E-state index contributed by atoms with van der Waals surface area (Å²) in [7, 11) is 0. The number of hydrogen-bond donors (Lipinski definition) is 3. The van der Waals surface area contributed by atoms with Gasteiger partial charge in [0.1, 0.15) is 0 Å². The molecular weight excluding hydrogens is 306 g/mol. The lowest BCUT2D eigenvalue weighted by atomic mass is 9.82. The van der Waals surface area contributed by atoms with E-state index in [1.54, 1.807) is 0 Å². The molecule has 0 aliphatic rings. The fourth-order valence-corrected chi connectivity index (χ4v) is 2.18. The Morgan fingerprint density at radius 2 is 1.67 bits per heavy atom. The lowest BCUT2D eigenvalue weighted by Gasteiger charge is -2.23. The number of hydrogen-bond acceptors (Lipinski definition) is 3. The van der Waals surface area contributed by atoms with Crippen LogP contribution in [0.15, 0.2) is 24.3 Å². The number of carbonyl (C=O) groups is 2. The number of carboxylic acid groups (broad SMARTS) is 2. The molecule has 5 heteroatoms. The summed E-state index contributed by atoms with van der Waals surface area (Å²) in [5.74, 6) is -1.29. The van der Waals surface area contributed by atoms with Gasteiger partial charge in [0, 0.05) is 11.1 Å². The highest BCUT2D eigenvalue weighted by molar-refractivity contribution is 5.87. The van der Waals surface area contributed by atoms with Crippen LogP contribution in [0.3, 0.4) is 0 Å². The third kappa shape index (κ3) is 11.0. The largest absolute Gasteiger partial charge is 0.478 e. The van der Waals surface area contributed by atoms with E-state index in [0.717, 1.165) is 12.8 Å². The second-order valence-electron chi connectivity index (χ2n) is 6.74. The van der Waals surface area contributed by atoms with Crippen molar-refractivity contribution in [3.05, 3.63) is 24.3 Å². The molecule has 5 nitrogen and oxygen atoms in total. The van der Waals surface area contributed by atoms with Crippen molar-refractivity contribution in [3.63, 3.8) is 0 Å². The molecule has 24 heavy (non-hydrogen) atoms. The van der Waals surface area contributed by atoms with Crippen LogP contribution in [0.25, 0.3) is 0 Å². The van der Waals surface area contributed by atoms with E-state index in [-0.39, 0.29) is 11.0 Å². The maximum absolute atomic E-state index is 10.5. The first-order chi connectivity index (χ1) is 11.0. The van der Waals surface area contributed by atoms with Crippen LogP contribution < -0.4 is 5.73 Å². The van der Waals surface area contributed by atoms with Gasteiger partial charge in [0.2, 0.25) is 0 Å². The highest BCUT2D eigenvalue weighted by Crippen LogP contribution is 2.28. The van der Waals surface area contributed by atoms with Crippen molar-refractivity contribution < 1.29 is 19.8 Å². The van der Waals surface area contributed by atoms with Crippen LogP contribution >= 0.6 is 0 Å². The molecule has 4 N–H and O–H groups in total. The standard InChI is InChI=1S/C11H20O2.C8H15NO2/c1-4-6-7-10(5-2)8-9(3)11(12)13;1-6(7(10)11)8(2,3)4-5-9/h10H,3-8H2,1-2H3,(H,12,13);1,4-5,9H2,2-3H3,(H,10,11). The SMILES string of the molecule is C=C(C(=O)O)C(C)(C)CCN.C=C(CC(CC)CCCC)C(=O)O. The first kappa shape index (κ1) is 24.6. The fourth-order valence-electron chi connectivity index (χ4n) is 2.18. The van der Waals surface area contributed by atoms with Gasteiger partial charge in [-0.05, 0) is 30.7 Å². The fraction of sp³-hybridized carbons (Fsp3) is 0.684. The molecule has 0 aromatic heterocycles. The third-order valence-corrected chi connectivity index (χ3v) is 4.23. The van der Waals surface area contributed by atoms with Crippen molar-refractivity contribution in [3.8, 4) is 0 Å². The van der Waals surface area contributed by atoms with Gasteiger partial charge >= 0.3 is 11.9 Å². The van der Waals surface area contributed by atoms with Crippen LogP contribution in [-0.2, 0) is 9.59 Å². The number of carboxylic acids is 2. The molecule has 0 rings (SSSR count). The first-order valence-corrected chi connectivity index (χ1v) is 8.57. The Bertz CT molecular complexity index is 427. The van der Waals surface area contributed by atoms with Crippen LogP contribution in [0.1, 0.15) is 66.2 Å². The predicted octanol–water partition coefficient (Wildman–Crippen LogP) is 4.24. The molecule has 0 amide bonds. The Morgan fingerprint density at radius 3 is 2.00 bits per heavy atom. The average Bonchev–Trinajstić information content (AvgIpc) is 2.50. The number of aliphatic carboxylic acids is 2. The summed E-state index contributed by atoms with van der Waals surface area (Å²) in [6.07, 6.45) is 5.83. The minimum absolute atomic E-state index is 0.225. The van der Waals surface area contributed by atoms with E-state index in [1.165, 1.54) is 12.8 Å². The third-order valence-electron chi connectivity index (χ3n) is 4.23. The van der Waals surface area contributed by atoms with Crippen molar-refractivity contribution >= 4 is 11.9 Å². The van der Waals surface area contributed by atoms with Crippen LogP contribution in [0.4, 0.5) is 0 Å². The van der Waals surface area contributed by atoms with E-state index in [1.807, 2.05) is 13.8 Å². The quantitative estimate of drug-likeness (QED) is 0.488. The molecule has 0 bridgehead atoms. The van der Waals surface area contributed by atoms with Crippen molar-refractivity contribution in [2.24, 2.45) is 17.1 Å². The molecule has 0 radical (unpaired) electrons. The lowest BCUT2D eigenvalue weighted by Crippen LogP contribution is -2.23. The second-order valence-corrected chi connectivity index (χ2v) is 6.74. The van der Waals surface area contributed by atoms with Crippen LogP contribution in [0.2, 0.25) is 0 Å². The summed E-state index contributed by atoms with van der Waals surface area (Å²) in [6, 6.07) is 0. The Kier molecular flexibility index (Phi) is 13.1. The molecular formula is C19H35NO4. The van der Waals surface area contributed by atoms with Gasteiger partial charge in [-0.3, -0.25) is 0 Å². The normalized spacial score (nSPS) is 11.9. The Balaban J connectivity index is 0. The zero-order valence-electron chi connectivity index (χ0n) is 15.7. The Hall–Kier alpha value is -1.62. The van der Waals surface area contributed by atoms with Crippen LogP contribution in [-0.4, -0.2) is 28.7 Å². The summed E-state index contributed by atoms with van der Waals surface area (Å²) >= 11 is 0. The minimum atomic E-state index is -0.941. The molecule has 140 valence electrons. The molecule has 1 unspecified atom stereocenters. The van der Waals surface area contributed by atoms with Gasteiger partial charge in [-0.1, -0.05) is 66.5 Å². The molecule has 0 aliphatic heterocycles. The average molecular weight is 341 g/mol. The maximum Gasteiger partial charge on any atom is 0.331 e. The first-order valence-electron chi connectivity index (χ1n) is 8.57. The van der Waals surface area contributed by atoms with Gasteiger partial charge < -0.3 is 15.9 Å². The second kappa shape index (κ2) is 12.8. The maximum atomic E-state index is 10.5. The topological polar surface area (TPSA) is 101 Å². The molecule has 0 fully saturated rings. The predicted molar refractivity (Wildman–Crippen MR) is 98.9 cm³/mol. The molecule has 0 heterocycles. The number of unbranched alkanes of at least 4 members (excludes halogenated alkanes) is 1. The molecule has 0 aromatic carbocycles.